The molecule has 5 aromatic rings. The van der Waals surface area contributed by atoms with Crippen molar-refractivity contribution in [2.45, 2.75) is 219 Å². The molecule has 0 fully saturated rings. The van der Waals surface area contributed by atoms with Crippen LogP contribution < -0.4 is 19.9 Å². The Kier molecular flexibility index (Phi) is 20.0. The van der Waals surface area contributed by atoms with Gasteiger partial charge in [0.15, 0.2) is 11.6 Å². The van der Waals surface area contributed by atoms with E-state index in [1.165, 1.54) is 154 Å². The Morgan fingerprint density at radius 3 is 1.03 bits per heavy atom. The minimum atomic E-state index is -0.451. The fraction of sp³-hybridized carbons (Fsp3) is 0.514. The van der Waals surface area contributed by atoms with Crippen LogP contribution in [0.5, 0.6) is 11.5 Å². The predicted molar refractivity (Wildman–Crippen MR) is 316 cm³/mol. The standard InChI is InChI=1S/C70H86O6/c1-3-5-7-9-11-13-15-17-19-21-23-25-27-29-31-41-61(71)75-59-47-57-49-37-33-35-39-53(49)69(73)55-45-43-51-52-44-46-56-64-58(50-38-34-36-40-54(50)70(56)74)48-60(68(66(52)64)67(59)65(51)63(55)57)76-62(72)42-32-30-28-26-24-22-20-18-16-14-12-10-8-6-4-2/h33-40,43-48,53-54H,3-32,41-42H2,1-2H3. The zero-order valence-corrected chi connectivity index (χ0v) is 46.3. The lowest BCUT2D eigenvalue weighted by atomic mass is 9.75. The lowest BCUT2D eigenvalue weighted by Gasteiger charge is -2.28. The number of hydrogen-bond donors (Lipinski definition) is 0. The van der Waals surface area contributed by atoms with Gasteiger partial charge in [-0.3, -0.25) is 19.2 Å². The molecular formula is C70H86O6. The highest BCUT2D eigenvalue weighted by atomic mass is 16.5. The molecule has 4 aliphatic carbocycles. The van der Waals surface area contributed by atoms with Crippen LogP contribution in [0.25, 0.3) is 54.2 Å². The first-order valence-electron chi connectivity index (χ1n) is 30.6. The van der Waals surface area contributed by atoms with E-state index < -0.39 is 11.8 Å². The Balaban J connectivity index is 0.970. The first-order chi connectivity index (χ1) is 37.4. The van der Waals surface area contributed by atoms with Crippen molar-refractivity contribution in [2.75, 3.05) is 0 Å². The van der Waals surface area contributed by atoms with Gasteiger partial charge in [0, 0.05) is 56.3 Å². The maximum Gasteiger partial charge on any atom is 0.311 e. The summed E-state index contributed by atoms with van der Waals surface area (Å²) in [6.45, 7) is 4.55. The van der Waals surface area contributed by atoms with Gasteiger partial charge in [-0.2, -0.15) is 0 Å². The van der Waals surface area contributed by atoms with E-state index in [1.807, 2.05) is 85.0 Å². The van der Waals surface area contributed by atoms with Gasteiger partial charge < -0.3 is 9.47 Å². The van der Waals surface area contributed by atoms with Gasteiger partial charge >= 0.3 is 11.9 Å². The van der Waals surface area contributed by atoms with Crippen molar-refractivity contribution in [2.24, 2.45) is 11.8 Å². The Labute approximate surface area is 453 Å². The third-order valence-electron chi connectivity index (χ3n) is 17.2. The summed E-state index contributed by atoms with van der Waals surface area (Å²) in [6.07, 6.45) is 53.6. The van der Waals surface area contributed by atoms with Crippen LogP contribution in [0.2, 0.25) is 0 Å². The van der Waals surface area contributed by atoms with E-state index in [0.29, 0.717) is 33.4 Å². The Morgan fingerprint density at radius 1 is 0.382 bits per heavy atom. The number of esters is 2. The van der Waals surface area contributed by atoms with Crippen LogP contribution in [0.3, 0.4) is 0 Å². The summed E-state index contributed by atoms with van der Waals surface area (Å²) in [6, 6.07) is 11.9. The molecule has 2 atom stereocenters. The molecule has 0 bridgehead atoms. The largest absolute Gasteiger partial charge is 0.426 e. The van der Waals surface area contributed by atoms with Gasteiger partial charge in [0.2, 0.25) is 0 Å². The summed E-state index contributed by atoms with van der Waals surface area (Å²) in [4.78, 5) is 57.4. The molecule has 0 N–H and O–H groups in total. The highest BCUT2D eigenvalue weighted by Gasteiger charge is 2.35. The molecule has 0 saturated heterocycles. The van der Waals surface area contributed by atoms with Gasteiger partial charge in [-0.25, -0.2) is 0 Å². The molecular weight excluding hydrogens is 937 g/mol. The van der Waals surface area contributed by atoms with E-state index in [1.54, 1.807) is 0 Å². The number of fused-ring (bicyclic) bond motifs is 4. The summed E-state index contributed by atoms with van der Waals surface area (Å²) >= 11 is 0. The Hall–Kier alpha value is -5.62. The molecule has 4 aliphatic rings. The van der Waals surface area contributed by atoms with Crippen LogP contribution in [0, 0.1) is 11.8 Å². The van der Waals surface area contributed by atoms with Crippen molar-refractivity contribution in [3.63, 3.8) is 0 Å². The summed E-state index contributed by atoms with van der Waals surface area (Å²) in [5.74, 6) is -0.708. The number of rotatable bonds is 34. The van der Waals surface area contributed by atoms with Crippen molar-refractivity contribution < 1.29 is 28.7 Å². The third-order valence-corrected chi connectivity index (χ3v) is 17.2. The molecule has 2 unspecified atom stereocenters. The second-order valence-electron chi connectivity index (χ2n) is 22.8. The first kappa shape index (κ1) is 55.1. The molecule has 5 aromatic carbocycles. The average molecular weight is 1020 g/mol. The zero-order valence-electron chi connectivity index (χ0n) is 46.3. The lowest BCUT2D eigenvalue weighted by Crippen LogP contribution is -2.29. The van der Waals surface area contributed by atoms with Crippen LogP contribution in [-0.4, -0.2) is 23.5 Å². The molecule has 0 aromatic heterocycles. The van der Waals surface area contributed by atoms with E-state index in [0.717, 1.165) is 92.4 Å². The maximum atomic E-state index is 14.5. The second kappa shape index (κ2) is 27.6. The zero-order chi connectivity index (χ0) is 52.6. The monoisotopic (exact) mass is 1020 g/mol. The summed E-state index contributed by atoms with van der Waals surface area (Å²) < 4.78 is 13.3. The summed E-state index contributed by atoms with van der Waals surface area (Å²) in [5.41, 5.74) is 2.99. The van der Waals surface area contributed by atoms with E-state index >= 15 is 0 Å². The predicted octanol–water partition coefficient (Wildman–Crippen LogP) is 18.2. The smallest absolute Gasteiger partial charge is 0.311 e. The number of ketones is 2. The normalized spacial score (nSPS) is 16.3. The van der Waals surface area contributed by atoms with Crippen LogP contribution in [0.4, 0.5) is 0 Å². The fourth-order valence-electron chi connectivity index (χ4n) is 13.1. The highest BCUT2D eigenvalue weighted by Crippen LogP contribution is 2.50. The van der Waals surface area contributed by atoms with Crippen molar-refractivity contribution in [3.8, 4) is 11.5 Å². The van der Waals surface area contributed by atoms with Crippen LogP contribution in [0.15, 0.2) is 85.0 Å². The summed E-state index contributed by atoms with van der Waals surface area (Å²) in [7, 11) is 0. The van der Waals surface area contributed by atoms with Crippen LogP contribution in [-0.2, 0) is 9.59 Å². The van der Waals surface area contributed by atoms with Crippen molar-refractivity contribution in [1.29, 1.82) is 0 Å². The average Bonchev–Trinajstić information content (AvgIpc) is 3.62. The van der Waals surface area contributed by atoms with Crippen LogP contribution in [0.1, 0.15) is 240 Å². The van der Waals surface area contributed by atoms with Crippen molar-refractivity contribution in [1.82, 2.24) is 0 Å². The minimum absolute atomic E-state index is 0.0230. The van der Waals surface area contributed by atoms with Gasteiger partial charge in [-0.05, 0) is 57.3 Å². The number of carbonyl (C=O) groups is 4. The molecule has 0 spiro atoms. The Bertz CT molecular complexity index is 2910. The van der Waals surface area contributed by atoms with Gasteiger partial charge in [-0.15, -0.1) is 0 Å². The molecule has 6 heteroatoms. The topological polar surface area (TPSA) is 86.7 Å². The maximum absolute atomic E-state index is 14.5. The molecule has 0 heterocycles. The van der Waals surface area contributed by atoms with Crippen LogP contribution >= 0.6 is 0 Å². The number of hydrogen-bond acceptors (Lipinski definition) is 6. The van der Waals surface area contributed by atoms with Crippen molar-refractivity contribution in [3.05, 3.63) is 107 Å². The van der Waals surface area contributed by atoms with Gasteiger partial charge in [-0.1, -0.05) is 267 Å². The molecule has 76 heavy (non-hydrogen) atoms. The molecule has 6 nitrogen and oxygen atoms in total. The van der Waals surface area contributed by atoms with E-state index in [4.69, 9.17) is 9.47 Å². The summed E-state index contributed by atoms with van der Waals surface area (Å²) in [5, 5.41) is 8.00. The van der Waals surface area contributed by atoms with Gasteiger partial charge in [0.05, 0.1) is 11.8 Å². The number of unbranched alkanes of at least 4 members (excludes halogenated alkanes) is 28. The molecule has 0 saturated carbocycles. The molecule has 9 rings (SSSR count). The number of benzene rings is 5. The quantitative estimate of drug-likeness (QED) is 0.0134. The van der Waals surface area contributed by atoms with E-state index in [-0.39, 0.29) is 36.3 Å². The number of ether oxygens (including phenoxy) is 2. The van der Waals surface area contributed by atoms with Gasteiger partial charge in [0.25, 0.3) is 0 Å². The van der Waals surface area contributed by atoms with E-state index in [9.17, 15) is 19.2 Å². The third kappa shape index (κ3) is 12.7. The Morgan fingerprint density at radius 2 is 0.697 bits per heavy atom. The molecule has 0 radical (unpaired) electrons. The highest BCUT2D eigenvalue weighted by molar-refractivity contribution is 6.39. The molecule has 0 amide bonds. The number of Topliss-reactive ketones (excluding diaryl/α,β-unsaturated/α-hetero) is 2. The molecule has 0 aliphatic heterocycles. The first-order valence-corrected chi connectivity index (χ1v) is 30.6. The fourth-order valence-corrected chi connectivity index (χ4v) is 13.1. The minimum Gasteiger partial charge on any atom is -0.426 e. The SMILES string of the molecule is CCCCCCCCCCCCCCCCCC(=O)Oc1cc2c3c(ccc4c5ccc6c7c(cc(OC(=O)CCCCCCCCCCCCCCCCC)c(c1c34)c75)=C1C=CC=CC1C6=O)C(=O)C1C=CC=CC=21. The lowest BCUT2D eigenvalue weighted by molar-refractivity contribution is -0.135. The number of carbonyl (C=O) groups excluding carboxylic acids is 4. The van der Waals surface area contributed by atoms with Crippen molar-refractivity contribution >= 4 is 77.7 Å². The number of allylic oxidation sites excluding steroid dienone is 8. The van der Waals surface area contributed by atoms with Gasteiger partial charge in [0.1, 0.15) is 11.5 Å². The second-order valence-corrected chi connectivity index (χ2v) is 22.8. The van der Waals surface area contributed by atoms with E-state index in [2.05, 4.69) is 13.8 Å². The molecule has 402 valence electrons.